The number of nitrogens with one attached hydrogen (secondary N) is 2. The molecule has 2 heterocycles. The average molecular weight is 298 g/mol. The summed E-state index contributed by atoms with van der Waals surface area (Å²) in [7, 11) is 0. The van der Waals surface area contributed by atoms with E-state index in [1.165, 1.54) is 11.8 Å². The first-order valence-corrected chi connectivity index (χ1v) is 7.43. The molecule has 0 radical (unpaired) electrons. The lowest BCUT2D eigenvalue weighted by molar-refractivity contribution is -0.115. The van der Waals surface area contributed by atoms with Gasteiger partial charge in [0.05, 0.1) is 16.3 Å². The second kappa shape index (κ2) is 5.97. The number of carbonyl (C=O) groups is 1. The van der Waals surface area contributed by atoms with Crippen LogP contribution in [0, 0.1) is 0 Å². The van der Waals surface area contributed by atoms with Gasteiger partial charge in [0.25, 0.3) is 0 Å². The standard InChI is InChI=1S/C15H14N4OS/c1-10(14(20)19-13-8-4-5-9-16-13)21-15-17-11-6-2-3-7-12(11)18-15/h2-10H,1H3,(H,17,18)(H,16,19,20). The van der Waals surface area contributed by atoms with E-state index in [1.807, 2.05) is 43.3 Å². The van der Waals surface area contributed by atoms with Gasteiger partial charge in [0.1, 0.15) is 5.82 Å². The van der Waals surface area contributed by atoms with Crippen molar-refractivity contribution < 1.29 is 4.79 Å². The van der Waals surface area contributed by atoms with E-state index in [0.29, 0.717) is 5.82 Å². The normalized spacial score (nSPS) is 12.2. The minimum Gasteiger partial charge on any atom is -0.333 e. The Labute approximate surface area is 126 Å². The van der Waals surface area contributed by atoms with Crippen molar-refractivity contribution in [1.82, 2.24) is 15.0 Å². The van der Waals surface area contributed by atoms with E-state index in [1.54, 1.807) is 12.3 Å². The maximum Gasteiger partial charge on any atom is 0.238 e. The lowest BCUT2D eigenvalue weighted by atomic mass is 10.3. The third-order valence-electron chi connectivity index (χ3n) is 2.94. The van der Waals surface area contributed by atoms with Gasteiger partial charge in [-0.2, -0.15) is 0 Å². The Bertz CT molecular complexity index is 723. The van der Waals surface area contributed by atoms with Gasteiger partial charge >= 0.3 is 0 Å². The minimum atomic E-state index is -0.271. The van der Waals surface area contributed by atoms with Gasteiger partial charge in [-0.25, -0.2) is 9.97 Å². The maximum atomic E-state index is 12.1. The minimum absolute atomic E-state index is 0.0980. The number of fused-ring (bicyclic) bond motifs is 1. The summed E-state index contributed by atoms with van der Waals surface area (Å²) < 4.78 is 0. The molecule has 5 nitrogen and oxygen atoms in total. The molecule has 1 amide bonds. The van der Waals surface area contributed by atoms with E-state index in [4.69, 9.17) is 0 Å². The summed E-state index contributed by atoms with van der Waals surface area (Å²) in [5.74, 6) is 0.457. The highest BCUT2D eigenvalue weighted by Gasteiger charge is 2.16. The molecular weight excluding hydrogens is 284 g/mol. The molecular formula is C15H14N4OS. The highest BCUT2D eigenvalue weighted by atomic mass is 32.2. The second-order valence-electron chi connectivity index (χ2n) is 4.52. The topological polar surface area (TPSA) is 70.7 Å². The fourth-order valence-electron chi connectivity index (χ4n) is 1.87. The Balaban J connectivity index is 1.67. The van der Waals surface area contributed by atoms with E-state index >= 15 is 0 Å². The number of pyridine rings is 1. The van der Waals surface area contributed by atoms with Crippen LogP contribution in [0.1, 0.15) is 6.92 Å². The molecule has 0 bridgehead atoms. The number of aromatic amines is 1. The van der Waals surface area contributed by atoms with E-state index < -0.39 is 0 Å². The molecule has 0 aliphatic rings. The van der Waals surface area contributed by atoms with E-state index in [2.05, 4.69) is 20.3 Å². The lowest BCUT2D eigenvalue weighted by Crippen LogP contribution is -2.23. The number of amides is 1. The number of hydrogen-bond donors (Lipinski definition) is 2. The summed E-state index contributed by atoms with van der Waals surface area (Å²) in [6.07, 6.45) is 1.65. The fourth-order valence-corrected chi connectivity index (χ4v) is 2.69. The molecule has 1 atom stereocenters. The Hall–Kier alpha value is -2.34. The van der Waals surface area contributed by atoms with Gasteiger partial charge in [-0.3, -0.25) is 4.79 Å². The lowest BCUT2D eigenvalue weighted by Gasteiger charge is -2.09. The Morgan fingerprint density at radius 2 is 2.05 bits per heavy atom. The Morgan fingerprint density at radius 3 is 2.81 bits per heavy atom. The van der Waals surface area contributed by atoms with Gasteiger partial charge in [0.15, 0.2) is 5.16 Å². The van der Waals surface area contributed by atoms with Crippen LogP contribution in [0.5, 0.6) is 0 Å². The molecule has 1 unspecified atom stereocenters. The zero-order chi connectivity index (χ0) is 14.7. The van der Waals surface area contributed by atoms with Crippen LogP contribution in [0.2, 0.25) is 0 Å². The summed E-state index contributed by atoms with van der Waals surface area (Å²) in [5.41, 5.74) is 1.87. The monoisotopic (exact) mass is 298 g/mol. The van der Waals surface area contributed by atoms with E-state index in [9.17, 15) is 4.79 Å². The highest BCUT2D eigenvalue weighted by molar-refractivity contribution is 8.00. The van der Waals surface area contributed by atoms with Gasteiger partial charge in [-0.05, 0) is 31.2 Å². The molecule has 1 aromatic carbocycles. The molecule has 0 saturated carbocycles. The first-order chi connectivity index (χ1) is 10.2. The number of rotatable bonds is 4. The van der Waals surface area contributed by atoms with Crippen molar-refractivity contribution in [3.05, 3.63) is 48.7 Å². The Kier molecular flexibility index (Phi) is 3.87. The molecule has 0 aliphatic heterocycles. The maximum absolute atomic E-state index is 12.1. The average Bonchev–Trinajstić information content (AvgIpc) is 2.90. The van der Waals surface area contributed by atoms with Gasteiger partial charge in [-0.15, -0.1) is 0 Å². The number of aromatic nitrogens is 3. The van der Waals surface area contributed by atoms with E-state index in [-0.39, 0.29) is 11.2 Å². The molecule has 106 valence electrons. The smallest absolute Gasteiger partial charge is 0.238 e. The molecule has 6 heteroatoms. The molecule has 3 rings (SSSR count). The van der Waals surface area contributed by atoms with Crippen molar-refractivity contribution in [2.75, 3.05) is 5.32 Å². The number of benzene rings is 1. The first kappa shape index (κ1) is 13.6. The molecule has 2 aromatic heterocycles. The summed E-state index contributed by atoms with van der Waals surface area (Å²) in [6.45, 7) is 1.84. The number of H-pyrrole nitrogens is 1. The zero-order valence-electron chi connectivity index (χ0n) is 11.4. The van der Waals surface area contributed by atoms with Crippen molar-refractivity contribution >= 4 is 34.5 Å². The third-order valence-corrected chi connectivity index (χ3v) is 3.93. The molecule has 21 heavy (non-hydrogen) atoms. The highest BCUT2D eigenvalue weighted by Crippen LogP contribution is 2.23. The number of hydrogen-bond acceptors (Lipinski definition) is 4. The van der Waals surface area contributed by atoms with Crippen LogP contribution < -0.4 is 5.32 Å². The van der Waals surface area contributed by atoms with Crippen LogP contribution in [0.25, 0.3) is 11.0 Å². The van der Waals surface area contributed by atoms with Crippen molar-refractivity contribution in [3.8, 4) is 0 Å². The van der Waals surface area contributed by atoms with Gasteiger partial charge < -0.3 is 10.3 Å². The van der Waals surface area contributed by atoms with Crippen LogP contribution in [-0.4, -0.2) is 26.1 Å². The SMILES string of the molecule is CC(Sc1nc2ccccc2[nH]1)C(=O)Nc1ccccn1. The molecule has 0 aliphatic carbocycles. The Morgan fingerprint density at radius 1 is 1.24 bits per heavy atom. The summed E-state index contributed by atoms with van der Waals surface area (Å²) in [6, 6.07) is 13.2. The van der Waals surface area contributed by atoms with Crippen LogP contribution in [-0.2, 0) is 4.79 Å². The van der Waals surface area contributed by atoms with Crippen LogP contribution in [0.3, 0.4) is 0 Å². The zero-order valence-corrected chi connectivity index (χ0v) is 12.2. The summed E-state index contributed by atoms with van der Waals surface area (Å²) >= 11 is 1.39. The number of anilines is 1. The number of imidazole rings is 1. The van der Waals surface area contributed by atoms with Crippen LogP contribution in [0.15, 0.2) is 53.8 Å². The van der Waals surface area contributed by atoms with Gasteiger partial charge in [0.2, 0.25) is 5.91 Å². The fraction of sp³-hybridized carbons (Fsp3) is 0.133. The molecule has 0 spiro atoms. The predicted molar refractivity (Wildman–Crippen MR) is 84.3 cm³/mol. The predicted octanol–water partition coefficient (Wildman–Crippen LogP) is 3.08. The van der Waals surface area contributed by atoms with Crippen LogP contribution in [0.4, 0.5) is 5.82 Å². The van der Waals surface area contributed by atoms with Crippen molar-refractivity contribution in [2.45, 2.75) is 17.3 Å². The quantitative estimate of drug-likeness (QED) is 0.726. The van der Waals surface area contributed by atoms with Crippen molar-refractivity contribution in [3.63, 3.8) is 0 Å². The van der Waals surface area contributed by atoms with Gasteiger partial charge in [0, 0.05) is 6.20 Å². The number of thioether (sulfide) groups is 1. The van der Waals surface area contributed by atoms with Crippen molar-refractivity contribution in [1.29, 1.82) is 0 Å². The largest absolute Gasteiger partial charge is 0.333 e. The van der Waals surface area contributed by atoms with E-state index in [0.717, 1.165) is 16.2 Å². The van der Waals surface area contributed by atoms with Crippen LogP contribution >= 0.6 is 11.8 Å². The summed E-state index contributed by atoms with van der Waals surface area (Å²) in [5, 5.41) is 3.25. The second-order valence-corrected chi connectivity index (χ2v) is 5.85. The number of nitrogens with zero attached hydrogens (tertiary/aromatic N) is 2. The number of carbonyl (C=O) groups excluding carboxylic acids is 1. The molecule has 0 fully saturated rings. The summed E-state index contributed by atoms with van der Waals surface area (Å²) in [4.78, 5) is 23.9. The molecule has 0 saturated heterocycles. The molecule has 3 aromatic rings. The first-order valence-electron chi connectivity index (χ1n) is 6.56. The molecule has 2 N–H and O–H groups in total. The third kappa shape index (κ3) is 3.22. The van der Waals surface area contributed by atoms with Gasteiger partial charge in [-0.1, -0.05) is 30.0 Å². The van der Waals surface area contributed by atoms with Crippen molar-refractivity contribution in [2.24, 2.45) is 0 Å². The number of para-hydroxylation sites is 2.